The largest absolute Gasteiger partial charge is 0.496 e. The minimum atomic E-state index is -0.0289. The van der Waals surface area contributed by atoms with Gasteiger partial charge in [-0.15, -0.1) is 11.6 Å². The Balaban J connectivity index is 2.93. The lowest BCUT2D eigenvalue weighted by molar-refractivity contribution is 0.0986. The van der Waals surface area contributed by atoms with Crippen LogP contribution < -0.4 is 9.47 Å². The van der Waals surface area contributed by atoms with Crippen LogP contribution in [0, 0.1) is 0 Å². The molecule has 4 heteroatoms. The molecule has 1 rings (SSSR count). The molecule has 1 aromatic carbocycles. The van der Waals surface area contributed by atoms with Crippen LogP contribution in [-0.2, 0) is 0 Å². The number of ether oxygens (including phenoxy) is 2. The Morgan fingerprint density at radius 3 is 2.76 bits per heavy atom. The normalized spacial score (nSPS) is 10.1. The Kier molecular flexibility index (Phi) is 5.84. The Bertz CT molecular complexity index is 377. The molecular formula is C13H17ClO3. The first-order valence-corrected chi connectivity index (χ1v) is 6.16. The second-order valence-corrected chi connectivity index (χ2v) is 3.95. The first kappa shape index (κ1) is 13.8. The van der Waals surface area contributed by atoms with Gasteiger partial charge in [0.25, 0.3) is 0 Å². The molecule has 94 valence electrons. The van der Waals surface area contributed by atoms with Gasteiger partial charge in [0.2, 0.25) is 0 Å². The van der Waals surface area contributed by atoms with Crippen molar-refractivity contribution >= 4 is 17.4 Å². The van der Waals surface area contributed by atoms with Crippen molar-refractivity contribution in [1.29, 1.82) is 0 Å². The molecule has 17 heavy (non-hydrogen) atoms. The highest BCUT2D eigenvalue weighted by Gasteiger charge is 2.13. The van der Waals surface area contributed by atoms with Gasteiger partial charge in [0.15, 0.2) is 5.78 Å². The van der Waals surface area contributed by atoms with Crippen LogP contribution in [0.15, 0.2) is 18.2 Å². The fourth-order valence-electron chi connectivity index (χ4n) is 1.44. The van der Waals surface area contributed by atoms with E-state index >= 15 is 0 Å². The summed E-state index contributed by atoms with van der Waals surface area (Å²) in [6.45, 7) is 2.67. The number of hydrogen-bond acceptors (Lipinski definition) is 3. The lowest BCUT2D eigenvalue weighted by atomic mass is 10.1. The van der Waals surface area contributed by atoms with Gasteiger partial charge in [-0.2, -0.15) is 0 Å². The van der Waals surface area contributed by atoms with Crippen LogP contribution in [0.4, 0.5) is 0 Å². The van der Waals surface area contributed by atoms with Crippen LogP contribution in [0.5, 0.6) is 11.5 Å². The average molecular weight is 257 g/mol. The van der Waals surface area contributed by atoms with Crippen molar-refractivity contribution in [2.45, 2.75) is 19.8 Å². The van der Waals surface area contributed by atoms with Gasteiger partial charge >= 0.3 is 0 Å². The average Bonchev–Trinajstić information content (AvgIpc) is 2.36. The highest BCUT2D eigenvalue weighted by atomic mass is 35.5. The van der Waals surface area contributed by atoms with Gasteiger partial charge in [-0.3, -0.25) is 4.79 Å². The highest BCUT2D eigenvalue weighted by molar-refractivity contribution is 6.19. The summed E-state index contributed by atoms with van der Waals surface area (Å²) in [7, 11) is 1.54. The number of ketones is 1. The molecule has 0 atom stereocenters. The number of methoxy groups -OCH3 is 1. The number of carbonyl (C=O) groups is 1. The molecule has 0 saturated heterocycles. The monoisotopic (exact) mass is 256 g/mol. The minimum Gasteiger partial charge on any atom is -0.496 e. The van der Waals surface area contributed by atoms with Crippen LogP contribution in [0.3, 0.4) is 0 Å². The van der Waals surface area contributed by atoms with Gasteiger partial charge in [-0.1, -0.05) is 6.92 Å². The number of carbonyl (C=O) groups excluding carboxylic acids is 1. The predicted octanol–water partition coefficient (Wildman–Crippen LogP) is 3.30. The van der Waals surface area contributed by atoms with E-state index in [9.17, 15) is 4.79 Å². The zero-order chi connectivity index (χ0) is 12.7. The van der Waals surface area contributed by atoms with Gasteiger partial charge in [-0.05, 0) is 24.6 Å². The summed E-state index contributed by atoms with van der Waals surface area (Å²) < 4.78 is 10.6. The van der Waals surface area contributed by atoms with Gasteiger partial charge < -0.3 is 9.47 Å². The summed E-state index contributed by atoms with van der Waals surface area (Å²) in [5.41, 5.74) is 0.529. The quantitative estimate of drug-likeness (QED) is 0.555. The van der Waals surface area contributed by atoms with Crippen molar-refractivity contribution in [3.8, 4) is 11.5 Å². The molecule has 0 radical (unpaired) electrons. The van der Waals surface area contributed by atoms with E-state index in [2.05, 4.69) is 0 Å². The topological polar surface area (TPSA) is 35.5 Å². The maximum absolute atomic E-state index is 11.8. The van der Waals surface area contributed by atoms with Crippen LogP contribution in [0.2, 0.25) is 0 Å². The van der Waals surface area contributed by atoms with Crippen molar-refractivity contribution < 1.29 is 14.3 Å². The second-order valence-electron chi connectivity index (χ2n) is 3.57. The number of rotatable bonds is 7. The molecule has 3 nitrogen and oxygen atoms in total. The summed E-state index contributed by atoms with van der Waals surface area (Å²) in [5, 5.41) is 0. The zero-order valence-electron chi connectivity index (χ0n) is 10.2. The van der Waals surface area contributed by atoms with Crippen molar-refractivity contribution in [2.75, 3.05) is 19.6 Å². The van der Waals surface area contributed by atoms with Gasteiger partial charge in [0.1, 0.15) is 11.5 Å². The lowest BCUT2D eigenvalue weighted by Gasteiger charge is -2.10. The first-order valence-electron chi connectivity index (χ1n) is 5.63. The molecule has 0 fully saturated rings. The predicted molar refractivity (Wildman–Crippen MR) is 68.4 cm³/mol. The maximum Gasteiger partial charge on any atom is 0.167 e. The molecule has 1 aromatic rings. The van der Waals surface area contributed by atoms with E-state index in [4.69, 9.17) is 21.1 Å². The van der Waals surface area contributed by atoms with Crippen LogP contribution in [-0.4, -0.2) is 25.4 Å². The lowest BCUT2D eigenvalue weighted by Crippen LogP contribution is -2.04. The first-order chi connectivity index (χ1) is 8.22. The Morgan fingerprint density at radius 2 is 2.18 bits per heavy atom. The van der Waals surface area contributed by atoms with E-state index in [1.54, 1.807) is 25.3 Å². The highest BCUT2D eigenvalue weighted by Crippen LogP contribution is 2.25. The summed E-state index contributed by atoms with van der Waals surface area (Å²) in [5.74, 6) is 1.52. The third kappa shape index (κ3) is 3.93. The van der Waals surface area contributed by atoms with Crippen molar-refractivity contribution in [3.05, 3.63) is 23.8 Å². The number of benzene rings is 1. The summed E-state index contributed by atoms with van der Waals surface area (Å²) >= 11 is 5.57. The standard InChI is InChI=1S/C13H17ClO3/c1-3-8-17-10-4-5-13(16-2)11(9-10)12(15)6-7-14/h4-5,9H,3,6-8H2,1-2H3. The molecule has 0 aliphatic carbocycles. The van der Waals surface area contributed by atoms with E-state index in [-0.39, 0.29) is 5.78 Å². The number of Topliss-reactive ketones (excluding diaryl/α,β-unsaturated/α-hetero) is 1. The Morgan fingerprint density at radius 1 is 1.41 bits per heavy atom. The van der Waals surface area contributed by atoms with Crippen LogP contribution >= 0.6 is 11.6 Å². The Hall–Kier alpha value is -1.22. The summed E-state index contributed by atoms with van der Waals surface area (Å²) in [6, 6.07) is 5.25. The molecule has 0 amide bonds. The third-order valence-corrected chi connectivity index (χ3v) is 2.45. The minimum absolute atomic E-state index is 0.0289. The molecule has 0 bridgehead atoms. The second kappa shape index (κ2) is 7.17. The van der Waals surface area contributed by atoms with Crippen molar-refractivity contribution in [1.82, 2.24) is 0 Å². The molecule has 0 N–H and O–H groups in total. The molecular weight excluding hydrogens is 240 g/mol. The number of halogens is 1. The van der Waals surface area contributed by atoms with Gasteiger partial charge in [-0.25, -0.2) is 0 Å². The van der Waals surface area contributed by atoms with Crippen molar-refractivity contribution in [2.24, 2.45) is 0 Å². The third-order valence-electron chi connectivity index (χ3n) is 2.27. The van der Waals surface area contributed by atoms with Crippen molar-refractivity contribution in [3.63, 3.8) is 0 Å². The maximum atomic E-state index is 11.8. The van der Waals surface area contributed by atoms with E-state index in [0.717, 1.165) is 6.42 Å². The molecule has 0 heterocycles. The molecule has 0 aromatic heterocycles. The smallest absolute Gasteiger partial charge is 0.167 e. The van der Waals surface area contributed by atoms with E-state index in [0.29, 0.717) is 36.0 Å². The molecule has 0 saturated carbocycles. The van der Waals surface area contributed by atoms with Crippen LogP contribution in [0.25, 0.3) is 0 Å². The van der Waals surface area contributed by atoms with Gasteiger partial charge in [0, 0.05) is 12.3 Å². The molecule has 0 aliphatic rings. The Labute approximate surface area is 107 Å². The fourth-order valence-corrected chi connectivity index (χ4v) is 1.61. The number of hydrogen-bond donors (Lipinski definition) is 0. The zero-order valence-corrected chi connectivity index (χ0v) is 10.9. The van der Waals surface area contributed by atoms with E-state index < -0.39 is 0 Å². The molecule has 0 aliphatic heterocycles. The summed E-state index contributed by atoms with van der Waals surface area (Å²) in [4.78, 5) is 11.8. The molecule has 0 unspecified atom stereocenters. The van der Waals surface area contributed by atoms with E-state index in [1.807, 2.05) is 6.92 Å². The number of alkyl halides is 1. The van der Waals surface area contributed by atoms with E-state index in [1.165, 1.54) is 0 Å². The summed E-state index contributed by atoms with van der Waals surface area (Å²) in [6.07, 6.45) is 1.23. The van der Waals surface area contributed by atoms with Crippen LogP contribution in [0.1, 0.15) is 30.1 Å². The SMILES string of the molecule is CCCOc1ccc(OC)c(C(=O)CCCl)c1. The van der Waals surface area contributed by atoms with Gasteiger partial charge in [0.05, 0.1) is 19.3 Å². The molecule has 0 spiro atoms. The fraction of sp³-hybridized carbons (Fsp3) is 0.462.